The van der Waals surface area contributed by atoms with E-state index in [9.17, 15) is 13.2 Å². The number of aliphatic carboxylic acids is 1. The van der Waals surface area contributed by atoms with Crippen molar-refractivity contribution in [1.29, 1.82) is 0 Å². The molecule has 0 unspecified atom stereocenters. The Kier molecular flexibility index (Phi) is 8.68. The lowest BCUT2D eigenvalue weighted by atomic mass is 10.1. The molecule has 3 atom stereocenters. The van der Waals surface area contributed by atoms with Crippen molar-refractivity contribution in [3.63, 3.8) is 0 Å². The maximum absolute atomic E-state index is 10.6. The van der Waals surface area contributed by atoms with Crippen LogP contribution >= 0.6 is 0 Å². The lowest BCUT2D eigenvalue weighted by molar-refractivity contribution is -0.192. The van der Waals surface area contributed by atoms with Crippen LogP contribution in [0.15, 0.2) is 30.3 Å². The van der Waals surface area contributed by atoms with Crippen molar-refractivity contribution in [1.82, 2.24) is 4.90 Å². The van der Waals surface area contributed by atoms with Crippen molar-refractivity contribution < 1.29 is 37.3 Å². The number of carboxylic acid groups (broad SMARTS) is 1. The standard InChI is InChI=1S/C17H25NO3.C2HF3O2/c1-19-16-8-7-15-17(16)21-12-10-18(15)9-11-20-13-14-5-3-2-4-6-14;3-2(4,5)1(6)7/h2-6,15-17H,7-13H2,1H3;(H,6,7)/t15-,16+,17+;/m0./s1. The van der Waals surface area contributed by atoms with Crippen LogP contribution in [0.1, 0.15) is 18.4 Å². The van der Waals surface area contributed by atoms with Crippen molar-refractivity contribution >= 4 is 5.97 Å². The molecule has 0 aromatic heterocycles. The summed E-state index contributed by atoms with van der Waals surface area (Å²) in [6.45, 7) is 4.26. The van der Waals surface area contributed by atoms with Crippen molar-refractivity contribution in [2.45, 2.75) is 43.9 Å². The second-order valence-electron chi connectivity index (χ2n) is 6.63. The van der Waals surface area contributed by atoms with Gasteiger partial charge in [-0.15, -0.1) is 0 Å². The van der Waals surface area contributed by atoms with E-state index in [1.165, 1.54) is 12.0 Å². The van der Waals surface area contributed by atoms with Gasteiger partial charge in [-0.25, -0.2) is 4.79 Å². The van der Waals surface area contributed by atoms with Crippen molar-refractivity contribution in [2.24, 2.45) is 0 Å². The number of alkyl halides is 3. The first-order valence-electron chi connectivity index (χ1n) is 9.13. The Morgan fingerprint density at radius 2 is 1.96 bits per heavy atom. The average Bonchev–Trinajstić information content (AvgIpc) is 3.10. The highest BCUT2D eigenvalue weighted by atomic mass is 19.4. The van der Waals surface area contributed by atoms with Gasteiger partial charge in [-0.3, -0.25) is 4.90 Å². The average molecular weight is 405 g/mol. The molecule has 1 aromatic carbocycles. The highest BCUT2D eigenvalue weighted by molar-refractivity contribution is 5.73. The van der Waals surface area contributed by atoms with E-state index in [4.69, 9.17) is 24.1 Å². The van der Waals surface area contributed by atoms with E-state index in [1.807, 2.05) is 6.07 Å². The van der Waals surface area contributed by atoms with Gasteiger partial charge in [-0.05, 0) is 18.4 Å². The first kappa shape index (κ1) is 22.6. The Bertz CT molecular complexity index is 599. The zero-order valence-electron chi connectivity index (χ0n) is 15.7. The molecule has 6 nitrogen and oxygen atoms in total. The summed E-state index contributed by atoms with van der Waals surface area (Å²) in [5.74, 6) is -2.76. The third-order valence-corrected chi connectivity index (χ3v) is 4.83. The smallest absolute Gasteiger partial charge is 0.475 e. The lowest BCUT2D eigenvalue weighted by Crippen LogP contribution is -2.52. The van der Waals surface area contributed by atoms with Gasteiger partial charge >= 0.3 is 12.1 Å². The molecule has 1 aliphatic heterocycles. The summed E-state index contributed by atoms with van der Waals surface area (Å²) >= 11 is 0. The molecule has 1 N–H and O–H groups in total. The second kappa shape index (κ2) is 10.8. The molecule has 1 saturated carbocycles. The second-order valence-corrected chi connectivity index (χ2v) is 6.63. The fourth-order valence-corrected chi connectivity index (χ4v) is 3.47. The maximum Gasteiger partial charge on any atom is 0.490 e. The van der Waals surface area contributed by atoms with E-state index in [2.05, 4.69) is 29.2 Å². The Morgan fingerprint density at radius 1 is 1.29 bits per heavy atom. The molecule has 1 heterocycles. The number of nitrogens with zero attached hydrogens (tertiary/aromatic N) is 1. The molecule has 9 heteroatoms. The number of carboxylic acids is 1. The van der Waals surface area contributed by atoms with Crippen molar-refractivity contribution in [2.75, 3.05) is 33.4 Å². The van der Waals surface area contributed by atoms with E-state index < -0.39 is 12.1 Å². The zero-order chi connectivity index (χ0) is 20.6. The number of benzene rings is 1. The van der Waals surface area contributed by atoms with E-state index in [1.54, 1.807) is 7.11 Å². The largest absolute Gasteiger partial charge is 0.490 e. The maximum atomic E-state index is 10.6. The molecular weight excluding hydrogens is 379 g/mol. The van der Waals surface area contributed by atoms with Gasteiger partial charge in [0, 0.05) is 26.2 Å². The van der Waals surface area contributed by atoms with Gasteiger partial charge in [-0.2, -0.15) is 13.2 Å². The Morgan fingerprint density at radius 3 is 2.57 bits per heavy atom. The number of fused-ring (bicyclic) bond motifs is 1. The van der Waals surface area contributed by atoms with Crippen molar-refractivity contribution in [3.8, 4) is 0 Å². The molecule has 1 saturated heterocycles. The topological polar surface area (TPSA) is 68.2 Å². The van der Waals surface area contributed by atoms with Gasteiger partial charge in [0.1, 0.15) is 0 Å². The van der Waals surface area contributed by atoms with Gasteiger partial charge < -0.3 is 19.3 Å². The molecule has 158 valence electrons. The van der Waals surface area contributed by atoms with Crippen LogP contribution < -0.4 is 0 Å². The number of hydrogen-bond acceptors (Lipinski definition) is 5. The molecule has 2 aliphatic rings. The van der Waals surface area contributed by atoms with Crippen LogP contribution in [0.25, 0.3) is 0 Å². The molecule has 1 aliphatic carbocycles. The van der Waals surface area contributed by atoms with Crippen molar-refractivity contribution in [3.05, 3.63) is 35.9 Å². The number of methoxy groups -OCH3 is 1. The summed E-state index contributed by atoms with van der Waals surface area (Å²) in [7, 11) is 1.79. The molecule has 0 radical (unpaired) electrons. The minimum Gasteiger partial charge on any atom is -0.475 e. The number of hydrogen-bond donors (Lipinski definition) is 1. The Balaban J connectivity index is 0.000000345. The third kappa shape index (κ3) is 6.73. The number of morpholine rings is 1. The van der Waals surface area contributed by atoms with Crippen LogP contribution in [0.4, 0.5) is 13.2 Å². The number of carbonyl (C=O) groups is 1. The summed E-state index contributed by atoms with van der Waals surface area (Å²) < 4.78 is 49.0. The molecule has 0 amide bonds. The number of rotatable bonds is 6. The molecule has 0 bridgehead atoms. The third-order valence-electron chi connectivity index (χ3n) is 4.83. The van der Waals surface area contributed by atoms with E-state index in [0.29, 0.717) is 12.6 Å². The fraction of sp³-hybridized carbons (Fsp3) is 0.632. The lowest BCUT2D eigenvalue weighted by Gasteiger charge is -2.38. The van der Waals surface area contributed by atoms with Crippen LogP contribution in [0.3, 0.4) is 0 Å². The predicted octanol–water partition coefficient (Wildman–Crippen LogP) is 2.71. The molecular formula is C19H26F3NO5. The normalized spacial score (nSPS) is 24.9. The van der Waals surface area contributed by atoms with Crippen LogP contribution in [0.5, 0.6) is 0 Å². The van der Waals surface area contributed by atoms with Crippen LogP contribution in [0, 0.1) is 0 Å². The SMILES string of the molecule is CO[C@@H]1CC[C@H]2[C@H]1OCCN2CCOCc1ccccc1.O=C(O)C(F)(F)F. The van der Waals surface area contributed by atoms with Gasteiger partial charge in [0.2, 0.25) is 0 Å². The first-order chi connectivity index (χ1) is 13.3. The molecule has 2 fully saturated rings. The fourth-order valence-electron chi connectivity index (χ4n) is 3.47. The summed E-state index contributed by atoms with van der Waals surface area (Å²) in [6.07, 6.45) is -2.30. The summed E-state index contributed by atoms with van der Waals surface area (Å²) in [4.78, 5) is 11.4. The van der Waals surface area contributed by atoms with E-state index in [-0.39, 0.29) is 12.2 Å². The minimum absolute atomic E-state index is 0.248. The van der Waals surface area contributed by atoms with Crippen LogP contribution in [-0.4, -0.2) is 73.8 Å². The van der Waals surface area contributed by atoms with E-state index >= 15 is 0 Å². The molecule has 0 spiro atoms. The highest BCUT2D eigenvalue weighted by Gasteiger charge is 2.42. The minimum atomic E-state index is -5.08. The zero-order valence-corrected chi connectivity index (χ0v) is 15.7. The Labute approximate surface area is 162 Å². The van der Waals surface area contributed by atoms with Crippen LogP contribution in [0.2, 0.25) is 0 Å². The quantitative estimate of drug-likeness (QED) is 0.734. The van der Waals surface area contributed by atoms with Gasteiger partial charge in [-0.1, -0.05) is 30.3 Å². The molecule has 3 rings (SSSR count). The van der Waals surface area contributed by atoms with Gasteiger partial charge in [0.15, 0.2) is 0 Å². The van der Waals surface area contributed by atoms with E-state index in [0.717, 1.165) is 32.7 Å². The summed E-state index contributed by atoms with van der Waals surface area (Å²) in [5.41, 5.74) is 1.23. The van der Waals surface area contributed by atoms with Crippen LogP contribution in [-0.2, 0) is 25.6 Å². The van der Waals surface area contributed by atoms with Gasteiger partial charge in [0.05, 0.1) is 32.0 Å². The summed E-state index contributed by atoms with van der Waals surface area (Å²) in [5, 5.41) is 7.12. The Hall–Kier alpha value is -1.68. The highest BCUT2D eigenvalue weighted by Crippen LogP contribution is 2.31. The van der Waals surface area contributed by atoms with Gasteiger partial charge in [0.25, 0.3) is 0 Å². The molecule has 1 aromatic rings. The molecule has 28 heavy (non-hydrogen) atoms. The monoisotopic (exact) mass is 405 g/mol. The first-order valence-corrected chi connectivity index (χ1v) is 9.13. The number of halogens is 3. The number of ether oxygens (including phenoxy) is 3. The predicted molar refractivity (Wildman–Crippen MR) is 94.9 cm³/mol. The summed E-state index contributed by atoms with van der Waals surface area (Å²) in [6, 6.07) is 10.8.